The maximum atomic E-state index is 11.7. The largest absolute Gasteiger partial charge is 0.411 e. The minimum absolute atomic E-state index is 0.139. The summed E-state index contributed by atoms with van der Waals surface area (Å²) in [5, 5.41) is 4.10. The first-order valence-corrected chi connectivity index (χ1v) is 6.43. The highest BCUT2D eigenvalue weighted by Gasteiger charge is 2.27. The summed E-state index contributed by atoms with van der Waals surface area (Å²) in [6.07, 6.45) is -3.63. The molecule has 0 aliphatic carbocycles. The zero-order valence-corrected chi connectivity index (χ0v) is 11.2. The molecule has 0 rings (SSSR count). The van der Waals surface area contributed by atoms with Crippen molar-refractivity contribution in [2.75, 3.05) is 25.1 Å². The van der Waals surface area contributed by atoms with Crippen molar-refractivity contribution in [3.8, 4) is 0 Å². The van der Waals surface area contributed by atoms with Gasteiger partial charge >= 0.3 is 6.18 Å². The molecule has 6 heteroatoms. The summed E-state index contributed by atoms with van der Waals surface area (Å²) in [4.78, 5) is 0. The molecule has 0 radical (unpaired) electrons. The highest BCUT2D eigenvalue weighted by atomic mass is 79.9. The minimum Gasteiger partial charge on any atom is -0.372 e. The lowest BCUT2D eigenvalue weighted by Gasteiger charge is -2.19. The molecule has 0 spiro atoms. The van der Waals surface area contributed by atoms with Gasteiger partial charge in [-0.3, -0.25) is 0 Å². The van der Waals surface area contributed by atoms with Gasteiger partial charge in [-0.1, -0.05) is 29.8 Å². The third-order valence-electron chi connectivity index (χ3n) is 2.11. The van der Waals surface area contributed by atoms with Crippen molar-refractivity contribution in [3.05, 3.63) is 0 Å². The van der Waals surface area contributed by atoms with Crippen molar-refractivity contribution in [2.24, 2.45) is 5.92 Å². The molecular formula is C10H19BrF3NO. The molecule has 0 fully saturated rings. The molecule has 1 N–H and O–H groups in total. The Morgan fingerprint density at radius 2 is 1.94 bits per heavy atom. The van der Waals surface area contributed by atoms with E-state index in [9.17, 15) is 13.2 Å². The van der Waals surface area contributed by atoms with Gasteiger partial charge in [0.15, 0.2) is 0 Å². The third kappa shape index (κ3) is 9.42. The molecule has 0 aromatic carbocycles. The first-order valence-electron chi connectivity index (χ1n) is 5.30. The highest BCUT2D eigenvalue weighted by molar-refractivity contribution is 9.09. The molecular weight excluding hydrogens is 287 g/mol. The van der Waals surface area contributed by atoms with Crippen LogP contribution in [0.1, 0.15) is 20.3 Å². The van der Waals surface area contributed by atoms with E-state index in [0.29, 0.717) is 24.9 Å². The van der Waals surface area contributed by atoms with Gasteiger partial charge in [0.1, 0.15) is 6.61 Å². The molecule has 0 aromatic heterocycles. The Labute approximate surface area is 103 Å². The summed E-state index contributed by atoms with van der Waals surface area (Å²) in [6, 6.07) is 0.350. The van der Waals surface area contributed by atoms with Crippen LogP contribution < -0.4 is 5.32 Å². The summed E-state index contributed by atoms with van der Waals surface area (Å²) in [5.41, 5.74) is 0. The number of hydrogen-bond acceptors (Lipinski definition) is 2. The van der Waals surface area contributed by atoms with E-state index in [2.05, 4.69) is 39.8 Å². The maximum Gasteiger partial charge on any atom is 0.411 e. The van der Waals surface area contributed by atoms with Crippen LogP contribution in [0.15, 0.2) is 0 Å². The minimum atomic E-state index is -4.22. The quantitative estimate of drug-likeness (QED) is 0.550. The normalized spacial score (nSPS) is 14.4. The molecule has 0 amide bonds. The Morgan fingerprint density at radius 1 is 1.31 bits per heavy atom. The first-order chi connectivity index (χ1) is 7.37. The first kappa shape index (κ1) is 16.2. The van der Waals surface area contributed by atoms with Gasteiger partial charge in [-0.2, -0.15) is 13.2 Å². The van der Waals surface area contributed by atoms with Gasteiger partial charge in [0.05, 0.1) is 0 Å². The lowest BCUT2D eigenvalue weighted by Crippen LogP contribution is -2.36. The summed E-state index contributed by atoms with van der Waals surface area (Å²) >= 11 is 3.38. The third-order valence-corrected chi connectivity index (χ3v) is 2.81. The summed E-state index contributed by atoms with van der Waals surface area (Å²) in [7, 11) is 0. The molecule has 0 saturated heterocycles. The van der Waals surface area contributed by atoms with Crippen LogP contribution >= 0.6 is 15.9 Å². The van der Waals surface area contributed by atoms with E-state index >= 15 is 0 Å². The Bertz CT molecular complexity index is 176. The predicted octanol–water partition coefficient (Wildman–Crippen LogP) is 2.96. The van der Waals surface area contributed by atoms with E-state index in [0.717, 1.165) is 5.33 Å². The van der Waals surface area contributed by atoms with Crippen molar-refractivity contribution in [1.29, 1.82) is 0 Å². The molecule has 0 bridgehead atoms. The number of halogens is 4. The molecule has 0 saturated carbocycles. The predicted molar refractivity (Wildman–Crippen MR) is 61.9 cm³/mol. The number of hydrogen-bond donors (Lipinski definition) is 1. The van der Waals surface area contributed by atoms with Gasteiger partial charge < -0.3 is 10.1 Å². The van der Waals surface area contributed by atoms with E-state index in [1.54, 1.807) is 0 Å². The smallest absolute Gasteiger partial charge is 0.372 e. The van der Waals surface area contributed by atoms with Crippen molar-refractivity contribution < 1.29 is 17.9 Å². The topological polar surface area (TPSA) is 21.3 Å². The van der Waals surface area contributed by atoms with E-state index in [1.807, 2.05) is 0 Å². The molecule has 1 atom stereocenters. The fourth-order valence-corrected chi connectivity index (χ4v) is 2.09. The molecule has 2 nitrogen and oxygen atoms in total. The summed E-state index contributed by atoms with van der Waals surface area (Å²) in [6.45, 7) is 3.85. The Balaban J connectivity index is 3.39. The van der Waals surface area contributed by atoms with Crippen LogP contribution in [0.4, 0.5) is 13.2 Å². The lowest BCUT2D eigenvalue weighted by molar-refractivity contribution is -0.173. The molecule has 98 valence electrons. The standard InChI is InChI=1S/C10H19BrF3NO/c1-8(2)9(6-11)15-4-3-5-16-7-10(12,13)14/h8-9,15H,3-7H2,1-2H3. The van der Waals surface area contributed by atoms with Crippen LogP contribution in [0.3, 0.4) is 0 Å². The molecule has 1 unspecified atom stereocenters. The number of alkyl halides is 4. The lowest BCUT2D eigenvalue weighted by atomic mass is 10.1. The monoisotopic (exact) mass is 305 g/mol. The van der Waals surface area contributed by atoms with E-state index in [1.165, 1.54) is 0 Å². The Hall–Kier alpha value is 0.190. The van der Waals surface area contributed by atoms with Crippen LogP contribution in [-0.4, -0.2) is 37.3 Å². The second kappa shape index (κ2) is 8.31. The fraction of sp³-hybridized carbons (Fsp3) is 1.00. The zero-order valence-electron chi connectivity index (χ0n) is 9.61. The van der Waals surface area contributed by atoms with Crippen LogP contribution in [-0.2, 0) is 4.74 Å². The average molecular weight is 306 g/mol. The van der Waals surface area contributed by atoms with E-state index < -0.39 is 12.8 Å². The van der Waals surface area contributed by atoms with Gasteiger partial charge in [-0.05, 0) is 18.9 Å². The fourth-order valence-electron chi connectivity index (χ4n) is 1.12. The number of ether oxygens (including phenoxy) is 1. The second-order valence-corrected chi connectivity index (χ2v) is 4.63. The second-order valence-electron chi connectivity index (χ2n) is 3.98. The van der Waals surface area contributed by atoms with Crippen LogP contribution in [0, 0.1) is 5.92 Å². The average Bonchev–Trinajstić information content (AvgIpc) is 2.14. The van der Waals surface area contributed by atoms with Crippen LogP contribution in [0.25, 0.3) is 0 Å². The summed E-state index contributed by atoms with van der Waals surface area (Å²) < 4.78 is 39.6. The SMILES string of the molecule is CC(C)C(CBr)NCCCOCC(F)(F)F. The van der Waals surface area contributed by atoms with E-state index in [4.69, 9.17) is 0 Å². The number of nitrogens with one attached hydrogen (secondary N) is 1. The van der Waals surface area contributed by atoms with Crippen molar-refractivity contribution in [1.82, 2.24) is 5.32 Å². The molecule has 16 heavy (non-hydrogen) atoms. The highest BCUT2D eigenvalue weighted by Crippen LogP contribution is 2.14. The van der Waals surface area contributed by atoms with Crippen molar-refractivity contribution >= 4 is 15.9 Å². The Kier molecular flexibility index (Phi) is 8.40. The van der Waals surface area contributed by atoms with Gasteiger partial charge in [-0.25, -0.2) is 0 Å². The summed E-state index contributed by atoms with van der Waals surface area (Å²) in [5.74, 6) is 0.496. The maximum absolute atomic E-state index is 11.7. The van der Waals surface area contributed by atoms with Gasteiger partial charge in [0.25, 0.3) is 0 Å². The van der Waals surface area contributed by atoms with Crippen molar-refractivity contribution in [2.45, 2.75) is 32.5 Å². The van der Waals surface area contributed by atoms with Gasteiger partial charge in [0.2, 0.25) is 0 Å². The molecule has 0 aliphatic heterocycles. The molecule has 0 aliphatic rings. The van der Waals surface area contributed by atoms with Crippen LogP contribution in [0.5, 0.6) is 0 Å². The van der Waals surface area contributed by atoms with Crippen molar-refractivity contribution in [3.63, 3.8) is 0 Å². The molecule has 0 aromatic rings. The molecule has 0 heterocycles. The van der Waals surface area contributed by atoms with Gasteiger partial charge in [-0.15, -0.1) is 0 Å². The Morgan fingerprint density at radius 3 is 2.38 bits per heavy atom. The number of rotatable bonds is 8. The van der Waals surface area contributed by atoms with E-state index in [-0.39, 0.29) is 6.61 Å². The van der Waals surface area contributed by atoms with Crippen LogP contribution in [0.2, 0.25) is 0 Å². The van der Waals surface area contributed by atoms with Gasteiger partial charge in [0, 0.05) is 18.0 Å². The zero-order chi connectivity index (χ0) is 12.6.